The minimum absolute atomic E-state index is 0.00250. The SMILES string of the molecule is Cn1c(-c2c(F)cc(F)cc2F)nc2c(C#N)cccc21. The third kappa shape index (κ3) is 1.94. The van der Waals surface area contributed by atoms with Gasteiger partial charge in [0.2, 0.25) is 0 Å². The first-order valence-electron chi connectivity index (χ1n) is 6.03. The molecule has 0 radical (unpaired) electrons. The van der Waals surface area contributed by atoms with Crippen LogP contribution in [0.4, 0.5) is 13.2 Å². The van der Waals surface area contributed by atoms with E-state index in [1.165, 1.54) is 4.57 Å². The molecule has 3 rings (SSSR count). The van der Waals surface area contributed by atoms with Crippen LogP contribution in [-0.2, 0) is 7.05 Å². The minimum Gasteiger partial charge on any atom is -0.327 e. The summed E-state index contributed by atoms with van der Waals surface area (Å²) in [5.74, 6) is -3.07. The highest BCUT2D eigenvalue weighted by Crippen LogP contribution is 2.29. The van der Waals surface area contributed by atoms with E-state index in [0.29, 0.717) is 28.7 Å². The lowest BCUT2D eigenvalue weighted by molar-refractivity contribution is 0.546. The minimum atomic E-state index is -1.04. The molecular formula is C15H8F3N3. The molecule has 0 N–H and O–H groups in total. The lowest BCUT2D eigenvalue weighted by Gasteiger charge is -2.05. The number of rotatable bonds is 1. The summed E-state index contributed by atoms with van der Waals surface area (Å²) in [4.78, 5) is 4.14. The van der Waals surface area contributed by atoms with Gasteiger partial charge in [-0.2, -0.15) is 5.26 Å². The molecule has 1 heterocycles. The van der Waals surface area contributed by atoms with Crippen LogP contribution in [0.5, 0.6) is 0 Å². The molecule has 3 aromatic rings. The van der Waals surface area contributed by atoms with E-state index in [1.54, 1.807) is 25.2 Å². The van der Waals surface area contributed by atoms with Crippen molar-refractivity contribution in [3.63, 3.8) is 0 Å². The molecule has 0 unspecified atom stereocenters. The zero-order chi connectivity index (χ0) is 15.1. The number of imidazole rings is 1. The molecule has 0 aliphatic heterocycles. The highest BCUT2D eigenvalue weighted by Gasteiger charge is 2.20. The van der Waals surface area contributed by atoms with Gasteiger partial charge in [0.1, 0.15) is 34.9 Å². The standard InChI is InChI=1S/C15H8F3N3/c1-21-12-4-2-3-8(7-19)14(12)20-15(21)13-10(17)5-9(16)6-11(13)18/h2-6H,1H3. The van der Waals surface area contributed by atoms with Crippen molar-refractivity contribution in [2.24, 2.45) is 7.05 Å². The first-order valence-corrected chi connectivity index (χ1v) is 6.03. The molecule has 0 fully saturated rings. The van der Waals surface area contributed by atoms with Gasteiger partial charge < -0.3 is 4.57 Å². The predicted octanol–water partition coefficient (Wildman–Crippen LogP) is 3.53. The number of nitriles is 1. The Hall–Kier alpha value is -2.81. The molecule has 0 aliphatic rings. The van der Waals surface area contributed by atoms with Crippen molar-refractivity contribution in [1.29, 1.82) is 5.26 Å². The summed E-state index contributed by atoms with van der Waals surface area (Å²) in [6, 6.07) is 8.09. The molecule has 21 heavy (non-hydrogen) atoms. The molecule has 2 aromatic carbocycles. The summed E-state index contributed by atoms with van der Waals surface area (Å²) < 4.78 is 42.2. The van der Waals surface area contributed by atoms with Crippen molar-refractivity contribution in [2.45, 2.75) is 0 Å². The zero-order valence-corrected chi connectivity index (χ0v) is 10.9. The number of hydrogen-bond donors (Lipinski definition) is 0. The van der Waals surface area contributed by atoms with Crippen molar-refractivity contribution in [2.75, 3.05) is 0 Å². The van der Waals surface area contributed by atoms with E-state index in [1.807, 2.05) is 6.07 Å². The summed E-state index contributed by atoms with van der Waals surface area (Å²) in [7, 11) is 1.58. The maximum atomic E-state index is 13.9. The van der Waals surface area contributed by atoms with Crippen molar-refractivity contribution < 1.29 is 13.2 Å². The zero-order valence-electron chi connectivity index (χ0n) is 10.9. The second-order valence-corrected chi connectivity index (χ2v) is 4.52. The molecule has 0 saturated heterocycles. The van der Waals surface area contributed by atoms with E-state index in [4.69, 9.17) is 5.26 Å². The van der Waals surface area contributed by atoms with Gasteiger partial charge in [0.25, 0.3) is 0 Å². The van der Waals surface area contributed by atoms with Crippen LogP contribution in [0.1, 0.15) is 5.56 Å². The Bertz CT molecular complexity index is 883. The molecule has 3 nitrogen and oxygen atoms in total. The fraction of sp³-hybridized carbons (Fsp3) is 0.0667. The van der Waals surface area contributed by atoms with E-state index < -0.39 is 23.0 Å². The summed E-state index contributed by atoms with van der Waals surface area (Å²) in [6.07, 6.45) is 0. The summed E-state index contributed by atoms with van der Waals surface area (Å²) in [5, 5.41) is 9.05. The predicted molar refractivity (Wildman–Crippen MR) is 70.7 cm³/mol. The van der Waals surface area contributed by atoms with Crippen LogP contribution < -0.4 is 0 Å². The maximum Gasteiger partial charge on any atom is 0.146 e. The molecule has 0 atom stereocenters. The van der Waals surface area contributed by atoms with E-state index in [-0.39, 0.29) is 5.82 Å². The van der Waals surface area contributed by atoms with Crippen LogP contribution in [0.25, 0.3) is 22.4 Å². The third-order valence-electron chi connectivity index (χ3n) is 3.26. The van der Waals surface area contributed by atoms with Crippen molar-refractivity contribution in [1.82, 2.24) is 9.55 Å². The summed E-state index contributed by atoms with van der Waals surface area (Å²) in [5.41, 5.74) is 0.795. The Morgan fingerprint density at radius 1 is 1.14 bits per heavy atom. The number of nitrogens with zero attached hydrogens (tertiary/aromatic N) is 3. The van der Waals surface area contributed by atoms with Gasteiger partial charge in [-0.3, -0.25) is 0 Å². The number of aromatic nitrogens is 2. The number of hydrogen-bond acceptors (Lipinski definition) is 2. The molecule has 1 aromatic heterocycles. The molecule has 0 aliphatic carbocycles. The second-order valence-electron chi connectivity index (χ2n) is 4.52. The highest BCUT2D eigenvalue weighted by molar-refractivity contribution is 5.85. The molecule has 0 bridgehead atoms. The van der Waals surface area contributed by atoms with Gasteiger partial charge in [-0.15, -0.1) is 0 Å². The fourth-order valence-electron chi connectivity index (χ4n) is 2.28. The molecule has 6 heteroatoms. The van der Waals surface area contributed by atoms with Gasteiger partial charge in [0.15, 0.2) is 0 Å². The average molecular weight is 287 g/mol. The van der Waals surface area contributed by atoms with Gasteiger partial charge in [-0.1, -0.05) is 6.07 Å². The first kappa shape index (κ1) is 13.2. The molecule has 0 saturated carbocycles. The monoisotopic (exact) mass is 287 g/mol. The number of fused-ring (bicyclic) bond motifs is 1. The Morgan fingerprint density at radius 2 is 1.81 bits per heavy atom. The van der Waals surface area contributed by atoms with Gasteiger partial charge in [0.05, 0.1) is 16.6 Å². The number of para-hydroxylation sites is 1. The average Bonchev–Trinajstić information content (AvgIpc) is 2.75. The lowest BCUT2D eigenvalue weighted by Crippen LogP contribution is -1.99. The van der Waals surface area contributed by atoms with E-state index in [0.717, 1.165) is 0 Å². The van der Waals surface area contributed by atoms with Crippen molar-refractivity contribution in [3.8, 4) is 17.5 Å². The third-order valence-corrected chi connectivity index (χ3v) is 3.26. The highest BCUT2D eigenvalue weighted by atomic mass is 19.1. The van der Waals surface area contributed by atoms with Crippen LogP contribution in [0, 0.1) is 28.8 Å². The van der Waals surface area contributed by atoms with E-state index in [2.05, 4.69) is 4.98 Å². The molecule has 104 valence electrons. The Balaban J connectivity index is 2.38. The van der Waals surface area contributed by atoms with Gasteiger partial charge in [0, 0.05) is 19.2 Å². The van der Waals surface area contributed by atoms with Gasteiger partial charge in [-0.05, 0) is 12.1 Å². The quantitative estimate of drug-likeness (QED) is 0.687. The Morgan fingerprint density at radius 3 is 2.43 bits per heavy atom. The summed E-state index contributed by atoms with van der Waals surface area (Å²) >= 11 is 0. The number of halogens is 3. The molecule has 0 amide bonds. The van der Waals surface area contributed by atoms with Gasteiger partial charge in [-0.25, -0.2) is 18.2 Å². The topological polar surface area (TPSA) is 41.6 Å². The van der Waals surface area contributed by atoms with Crippen molar-refractivity contribution >= 4 is 11.0 Å². The molecular weight excluding hydrogens is 279 g/mol. The van der Waals surface area contributed by atoms with E-state index in [9.17, 15) is 13.2 Å². The van der Waals surface area contributed by atoms with Crippen LogP contribution in [0.3, 0.4) is 0 Å². The lowest BCUT2D eigenvalue weighted by atomic mass is 10.2. The Kier molecular flexibility index (Phi) is 2.91. The van der Waals surface area contributed by atoms with Crippen molar-refractivity contribution in [3.05, 3.63) is 53.3 Å². The maximum absolute atomic E-state index is 13.9. The van der Waals surface area contributed by atoms with Gasteiger partial charge >= 0.3 is 0 Å². The second kappa shape index (κ2) is 4.63. The normalized spacial score (nSPS) is 10.8. The summed E-state index contributed by atoms with van der Waals surface area (Å²) in [6.45, 7) is 0. The van der Waals surface area contributed by atoms with Crippen LogP contribution in [0.2, 0.25) is 0 Å². The van der Waals surface area contributed by atoms with Crippen LogP contribution >= 0.6 is 0 Å². The fourth-order valence-corrected chi connectivity index (χ4v) is 2.28. The van der Waals surface area contributed by atoms with Crippen LogP contribution in [0.15, 0.2) is 30.3 Å². The molecule has 0 spiro atoms. The number of benzene rings is 2. The number of aryl methyl sites for hydroxylation is 1. The van der Waals surface area contributed by atoms with E-state index >= 15 is 0 Å². The smallest absolute Gasteiger partial charge is 0.146 e. The Labute approximate surface area is 117 Å². The first-order chi connectivity index (χ1) is 10.0. The largest absolute Gasteiger partial charge is 0.327 e. The van der Waals surface area contributed by atoms with Crippen LogP contribution in [-0.4, -0.2) is 9.55 Å².